The second kappa shape index (κ2) is 30.9. The predicted octanol–water partition coefficient (Wildman–Crippen LogP) is 6.00. The summed E-state index contributed by atoms with van der Waals surface area (Å²) in [5.74, 6) is 0.362. The number of phenols is 3. The van der Waals surface area contributed by atoms with Gasteiger partial charge < -0.3 is 55.0 Å². The van der Waals surface area contributed by atoms with Gasteiger partial charge >= 0.3 is 22.7 Å². The summed E-state index contributed by atoms with van der Waals surface area (Å²) in [4.78, 5) is 83.6. The number of amides is 2. The molecule has 0 aromatic heterocycles. The van der Waals surface area contributed by atoms with Crippen LogP contribution in [0.4, 0.5) is 28.4 Å². The minimum absolute atomic E-state index is 0.00815. The number of methoxy groups -OCH3 is 2. The molecule has 5 N–H and O–H groups in total. The molecular weight excluding hydrogens is 1020 g/mol. The Balaban J connectivity index is 0.000000488. The molecule has 0 aliphatic rings. The number of carbonyl (C=O) groups is 2. The standard InChI is InChI=1S/C11H15N3O3.C10H13N3O3.C10H15N3O.C10H12N2O4.C9H10N2O4/c1-12-11(13(2)3)8-6-5-7-9(14(15)16)10(8)17-4;1-11-10(12(2)3)7-5-4-6-8(9(7)14)13(15)16;1-12-10(13(2)3)7-5-4-6-8(11)9(7)14;1-11(2)10(13)7-5-4-6-8(12(14)15)9(7)16-3;1-10(2)9(13)6-4-3-5-7(8(6)12)11(14)15/h5-7H,1-4H3;4-6,14H,1-3H3;4-6,14H,11H2,1-3H3;4-6H,1-3H3;3-5,12H,1-2H3. The van der Waals surface area contributed by atoms with Gasteiger partial charge in [-0.05, 0) is 36.4 Å². The van der Waals surface area contributed by atoms with E-state index < -0.39 is 37.0 Å². The lowest BCUT2D eigenvalue weighted by molar-refractivity contribution is -0.386. The van der Waals surface area contributed by atoms with Crippen LogP contribution in [0.25, 0.3) is 0 Å². The van der Waals surface area contributed by atoms with Crippen LogP contribution >= 0.6 is 0 Å². The van der Waals surface area contributed by atoms with Gasteiger partial charge in [0.25, 0.3) is 11.8 Å². The van der Waals surface area contributed by atoms with Gasteiger partial charge in [0.15, 0.2) is 0 Å². The quantitative estimate of drug-likeness (QED) is 0.0294. The number of nitro groups is 4. The Hall–Kier alpha value is -10.2. The van der Waals surface area contributed by atoms with Gasteiger partial charge in [-0.1, -0.05) is 30.3 Å². The molecule has 5 aromatic rings. The maximum atomic E-state index is 11.7. The number of hydrogen-bond acceptors (Lipinski definition) is 19. The molecule has 0 fully saturated rings. The molecule has 28 nitrogen and oxygen atoms in total. The summed E-state index contributed by atoms with van der Waals surface area (Å²) in [7, 11) is 24.6. The van der Waals surface area contributed by atoms with Crippen LogP contribution in [0.5, 0.6) is 28.7 Å². The predicted molar refractivity (Wildman–Crippen MR) is 296 cm³/mol. The van der Waals surface area contributed by atoms with Crippen LogP contribution in [0.2, 0.25) is 0 Å². The number of nitro benzene ring substituents is 4. The fourth-order valence-corrected chi connectivity index (χ4v) is 6.73. The molecule has 0 saturated carbocycles. The summed E-state index contributed by atoms with van der Waals surface area (Å²) < 4.78 is 10.0. The number of para-hydroxylation sites is 5. The molecule has 420 valence electrons. The topological polar surface area (TPSA) is 365 Å². The van der Waals surface area contributed by atoms with Crippen molar-refractivity contribution in [1.29, 1.82) is 0 Å². The first-order valence-electron chi connectivity index (χ1n) is 22.5. The van der Waals surface area contributed by atoms with Crippen molar-refractivity contribution >= 4 is 57.8 Å². The van der Waals surface area contributed by atoms with Gasteiger partial charge in [0.05, 0.1) is 67.4 Å². The molecule has 2 amide bonds. The number of phenolic OH excluding ortho intramolecular Hbond substituents is 3. The SMILES string of the molecule is CN(C)C(=O)c1cccc([N+](=O)[O-])c1O.CN=C(c1cccc(N)c1O)N(C)C.CN=C(c1cccc([N+](=O)[O-])c1O)N(C)C.CN=C(c1cccc([N+](=O)[O-])c1OC)N(C)C.COc1c(C(=O)N(C)C)cccc1[N+](=O)[O-]. The lowest BCUT2D eigenvalue weighted by Crippen LogP contribution is -2.23. The van der Waals surface area contributed by atoms with Crippen molar-refractivity contribution in [3.05, 3.63) is 159 Å². The number of benzene rings is 5. The summed E-state index contributed by atoms with van der Waals surface area (Å²) in [5.41, 5.74) is 6.60. The fourth-order valence-electron chi connectivity index (χ4n) is 6.73. The molecule has 0 heterocycles. The number of anilines is 1. The number of carbonyl (C=O) groups excluding carboxylic acids is 2. The fraction of sp³-hybridized carbons (Fsp3) is 0.300. The van der Waals surface area contributed by atoms with E-state index in [-0.39, 0.29) is 57.1 Å². The highest BCUT2D eigenvalue weighted by atomic mass is 16.6. The van der Waals surface area contributed by atoms with Crippen LogP contribution in [0.15, 0.2) is 106 Å². The zero-order valence-electron chi connectivity index (χ0n) is 45.8. The third-order valence-electron chi connectivity index (χ3n) is 10.2. The van der Waals surface area contributed by atoms with E-state index in [0.717, 1.165) is 6.07 Å². The normalized spacial score (nSPS) is 10.7. The maximum Gasteiger partial charge on any atom is 0.311 e. The Labute approximate surface area is 449 Å². The molecule has 0 unspecified atom stereocenters. The van der Waals surface area contributed by atoms with Gasteiger partial charge in [0.1, 0.15) is 23.3 Å². The van der Waals surface area contributed by atoms with E-state index in [9.17, 15) is 65.4 Å². The van der Waals surface area contributed by atoms with Crippen molar-refractivity contribution < 1.29 is 54.1 Å². The average Bonchev–Trinajstić information content (AvgIpc) is 3.38. The summed E-state index contributed by atoms with van der Waals surface area (Å²) in [6.45, 7) is 0. The van der Waals surface area contributed by atoms with E-state index in [2.05, 4.69) is 15.0 Å². The van der Waals surface area contributed by atoms with Gasteiger partial charge in [0, 0.05) is 116 Å². The van der Waals surface area contributed by atoms with E-state index >= 15 is 0 Å². The number of ether oxygens (including phenoxy) is 2. The van der Waals surface area contributed by atoms with Crippen LogP contribution in [0.1, 0.15) is 37.4 Å². The van der Waals surface area contributed by atoms with Gasteiger partial charge in [-0.3, -0.25) is 65.0 Å². The maximum absolute atomic E-state index is 11.7. The van der Waals surface area contributed by atoms with Crippen LogP contribution in [0, 0.1) is 40.5 Å². The molecule has 0 aliphatic heterocycles. The molecule has 0 radical (unpaired) electrons. The second-order valence-corrected chi connectivity index (χ2v) is 16.6. The summed E-state index contributed by atoms with van der Waals surface area (Å²) >= 11 is 0. The van der Waals surface area contributed by atoms with Gasteiger partial charge in [-0.2, -0.15) is 0 Å². The van der Waals surface area contributed by atoms with Gasteiger partial charge in [-0.15, -0.1) is 0 Å². The zero-order valence-corrected chi connectivity index (χ0v) is 45.8. The van der Waals surface area contributed by atoms with Crippen LogP contribution < -0.4 is 15.2 Å². The van der Waals surface area contributed by atoms with Crippen molar-refractivity contribution in [2.45, 2.75) is 0 Å². The summed E-state index contributed by atoms with van der Waals surface area (Å²) in [6.07, 6.45) is 0. The Kier molecular flexibility index (Phi) is 26.1. The van der Waals surface area contributed by atoms with Crippen LogP contribution in [-0.2, 0) is 0 Å². The smallest absolute Gasteiger partial charge is 0.311 e. The molecule has 0 bridgehead atoms. The van der Waals surface area contributed by atoms with Crippen molar-refractivity contribution in [1.82, 2.24) is 24.5 Å². The number of nitrogens with two attached hydrogens (primary N) is 1. The number of rotatable bonds is 11. The number of aliphatic imine (C=N–C) groups is 3. The first-order chi connectivity index (χ1) is 36.5. The van der Waals surface area contributed by atoms with Crippen molar-refractivity contribution in [3.8, 4) is 28.7 Å². The molecule has 0 spiro atoms. The minimum Gasteiger partial charge on any atom is -0.505 e. The van der Waals surface area contributed by atoms with E-state index in [1.54, 1.807) is 95.5 Å². The molecule has 0 aliphatic carbocycles. The van der Waals surface area contributed by atoms with E-state index in [4.69, 9.17) is 15.2 Å². The highest BCUT2D eigenvalue weighted by molar-refractivity contribution is 6.03. The Bertz CT molecular complexity index is 3030. The van der Waals surface area contributed by atoms with Crippen LogP contribution in [-0.4, -0.2) is 195 Å². The molecule has 5 rings (SSSR count). The zero-order chi connectivity index (χ0) is 59.9. The lowest BCUT2D eigenvalue weighted by Gasteiger charge is -2.17. The molecule has 5 aromatic carbocycles. The van der Waals surface area contributed by atoms with Gasteiger partial charge in [0.2, 0.25) is 23.0 Å². The molecule has 78 heavy (non-hydrogen) atoms. The third kappa shape index (κ3) is 17.5. The van der Waals surface area contributed by atoms with Crippen molar-refractivity contribution in [2.75, 3.05) is 112 Å². The van der Waals surface area contributed by atoms with Gasteiger partial charge in [-0.25, -0.2) is 0 Å². The highest BCUT2D eigenvalue weighted by Crippen LogP contribution is 2.34. The number of nitrogens with zero attached hydrogens (tertiary/aromatic N) is 12. The third-order valence-corrected chi connectivity index (χ3v) is 10.2. The highest BCUT2D eigenvalue weighted by Gasteiger charge is 2.25. The second-order valence-electron chi connectivity index (χ2n) is 16.6. The molecule has 28 heteroatoms. The number of aromatic hydroxyl groups is 3. The average molecular weight is 1090 g/mol. The van der Waals surface area contributed by atoms with Crippen LogP contribution in [0.3, 0.4) is 0 Å². The number of hydrogen-bond donors (Lipinski definition) is 4. The first kappa shape index (κ1) is 65.9. The number of amidine groups is 3. The Morgan fingerprint density at radius 3 is 1.03 bits per heavy atom. The first-order valence-corrected chi connectivity index (χ1v) is 22.5. The summed E-state index contributed by atoms with van der Waals surface area (Å²) in [6, 6.07) is 22.4. The molecular formula is C50H65N13O15. The van der Waals surface area contributed by atoms with E-state index in [1.165, 1.54) is 86.6 Å². The monoisotopic (exact) mass is 1090 g/mol. The lowest BCUT2D eigenvalue weighted by atomic mass is 10.1. The van der Waals surface area contributed by atoms with E-state index in [0.29, 0.717) is 39.9 Å². The van der Waals surface area contributed by atoms with Crippen molar-refractivity contribution in [3.63, 3.8) is 0 Å². The Morgan fingerprint density at radius 1 is 0.423 bits per heavy atom. The minimum atomic E-state index is -0.734. The molecule has 0 saturated heterocycles. The largest absolute Gasteiger partial charge is 0.505 e. The summed E-state index contributed by atoms with van der Waals surface area (Å²) in [5, 5.41) is 71.7. The Morgan fingerprint density at radius 2 is 0.692 bits per heavy atom. The molecule has 0 atom stereocenters. The van der Waals surface area contributed by atoms with E-state index in [1.807, 2.05) is 33.1 Å². The van der Waals surface area contributed by atoms with Crippen molar-refractivity contribution in [2.24, 2.45) is 15.0 Å². The number of nitrogen functional groups attached to an aromatic ring is 1.